The summed E-state index contributed by atoms with van der Waals surface area (Å²) < 4.78 is 12.8. The lowest BCUT2D eigenvalue weighted by Crippen LogP contribution is -2.06. The average molecular weight is 336 g/mol. The third-order valence-corrected chi connectivity index (χ3v) is 3.67. The van der Waals surface area contributed by atoms with Crippen molar-refractivity contribution in [2.45, 2.75) is 20.0 Å². The van der Waals surface area contributed by atoms with E-state index in [1.165, 1.54) is 0 Å². The van der Waals surface area contributed by atoms with Gasteiger partial charge in [-0.05, 0) is 48.4 Å². The Morgan fingerprint density at radius 3 is 2.48 bits per heavy atom. The Morgan fingerprint density at radius 2 is 1.84 bits per heavy atom. The van der Waals surface area contributed by atoms with Crippen molar-refractivity contribution in [2.75, 3.05) is 6.61 Å². The SMILES string of the molecule is CCCOC(=O)c1ccc(COc2ccc(-n3ccnc3)cc2)cc1. The maximum atomic E-state index is 11.8. The molecule has 1 heterocycles. The number of rotatable bonds is 7. The van der Waals surface area contributed by atoms with E-state index in [9.17, 15) is 4.79 Å². The minimum Gasteiger partial charge on any atom is -0.489 e. The molecule has 0 atom stereocenters. The summed E-state index contributed by atoms with van der Waals surface area (Å²) in [5.74, 6) is 0.500. The second-order valence-electron chi connectivity index (χ2n) is 5.59. The van der Waals surface area contributed by atoms with Crippen LogP contribution in [0.4, 0.5) is 0 Å². The van der Waals surface area contributed by atoms with Gasteiger partial charge in [-0.3, -0.25) is 0 Å². The summed E-state index contributed by atoms with van der Waals surface area (Å²) in [7, 11) is 0. The zero-order valence-electron chi connectivity index (χ0n) is 14.1. The van der Waals surface area contributed by atoms with E-state index in [0.717, 1.165) is 23.4 Å². The molecule has 0 saturated carbocycles. The monoisotopic (exact) mass is 336 g/mol. The molecule has 5 heteroatoms. The largest absolute Gasteiger partial charge is 0.489 e. The van der Waals surface area contributed by atoms with Crippen LogP contribution in [0.1, 0.15) is 29.3 Å². The van der Waals surface area contributed by atoms with Crippen LogP contribution in [-0.2, 0) is 11.3 Å². The predicted molar refractivity (Wildman–Crippen MR) is 94.9 cm³/mol. The molecule has 0 spiro atoms. The van der Waals surface area contributed by atoms with Crippen molar-refractivity contribution in [1.82, 2.24) is 9.55 Å². The van der Waals surface area contributed by atoms with Gasteiger partial charge >= 0.3 is 5.97 Å². The highest BCUT2D eigenvalue weighted by Gasteiger charge is 2.06. The van der Waals surface area contributed by atoms with Gasteiger partial charge in [0, 0.05) is 18.1 Å². The zero-order valence-corrected chi connectivity index (χ0v) is 14.1. The number of ether oxygens (including phenoxy) is 2. The van der Waals surface area contributed by atoms with Crippen LogP contribution in [0.2, 0.25) is 0 Å². The Kier molecular flexibility index (Phi) is 5.46. The maximum absolute atomic E-state index is 11.8. The van der Waals surface area contributed by atoms with Gasteiger partial charge in [-0.15, -0.1) is 0 Å². The Balaban J connectivity index is 1.55. The number of aromatic nitrogens is 2. The van der Waals surface area contributed by atoms with Crippen molar-refractivity contribution in [3.05, 3.63) is 78.4 Å². The molecule has 128 valence electrons. The number of hydrogen-bond donors (Lipinski definition) is 0. The molecule has 3 rings (SSSR count). The van der Waals surface area contributed by atoms with Crippen LogP contribution in [0.5, 0.6) is 5.75 Å². The summed E-state index contributed by atoms with van der Waals surface area (Å²) in [5.41, 5.74) is 2.58. The van der Waals surface area contributed by atoms with Crippen molar-refractivity contribution >= 4 is 5.97 Å². The van der Waals surface area contributed by atoms with Gasteiger partial charge in [-0.1, -0.05) is 19.1 Å². The number of imidazole rings is 1. The normalized spacial score (nSPS) is 10.4. The van der Waals surface area contributed by atoms with E-state index in [2.05, 4.69) is 4.98 Å². The number of carbonyl (C=O) groups excluding carboxylic acids is 1. The zero-order chi connectivity index (χ0) is 17.5. The molecule has 0 aliphatic carbocycles. The van der Waals surface area contributed by atoms with Gasteiger partial charge in [-0.2, -0.15) is 0 Å². The number of esters is 1. The number of carbonyl (C=O) groups is 1. The van der Waals surface area contributed by atoms with Crippen LogP contribution in [0.3, 0.4) is 0 Å². The van der Waals surface area contributed by atoms with Gasteiger partial charge in [0.15, 0.2) is 0 Å². The van der Waals surface area contributed by atoms with Gasteiger partial charge in [-0.25, -0.2) is 9.78 Å². The van der Waals surface area contributed by atoms with Crippen LogP contribution in [-0.4, -0.2) is 22.1 Å². The smallest absolute Gasteiger partial charge is 0.338 e. The molecule has 25 heavy (non-hydrogen) atoms. The van der Waals surface area contributed by atoms with Gasteiger partial charge in [0.25, 0.3) is 0 Å². The van der Waals surface area contributed by atoms with Gasteiger partial charge < -0.3 is 14.0 Å². The fraction of sp³-hybridized carbons (Fsp3) is 0.200. The second kappa shape index (κ2) is 8.15. The van der Waals surface area contributed by atoms with E-state index >= 15 is 0 Å². The van der Waals surface area contributed by atoms with Crippen molar-refractivity contribution in [3.63, 3.8) is 0 Å². The molecule has 0 fully saturated rings. The molecule has 0 aliphatic rings. The highest BCUT2D eigenvalue weighted by atomic mass is 16.5. The number of hydrogen-bond acceptors (Lipinski definition) is 4. The first-order valence-electron chi connectivity index (χ1n) is 8.23. The van der Waals surface area contributed by atoms with Gasteiger partial charge in [0.05, 0.1) is 18.5 Å². The van der Waals surface area contributed by atoms with E-state index in [1.807, 2.05) is 54.1 Å². The summed E-state index contributed by atoms with van der Waals surface area (Å²) in [6, 6.07) is 15.1. The lowest BCUT2D eigenvalue weighted by molar-refractivity contribution is 0.0505. The first-order chi connectivity index (χ1) is 12.3. The van der Waals surface area contributed by atoms with E-state index in [-0.39, 0.29) is 5.97 Å². The third kappa shape index (κ3) is 4.47. The average Bonchev–Trinajstić information content (AvgIpc) is 3.20. The first-order valence-corrected chi connectivity index (χ1v) is 8.23. The lowest BCUT2D eigenvalue weighted by Gasteiger charge is -2.08. The Bertz CT molecular complexity index is 794. The highest BCUT2D eigenvalue weighted by molar-refractivity contribution is 5.89. The molecule has 0 bridgehead atoms. The molecular formula is C20H20N2O3. The van der Waals surface area contributed by atoms with Gasteiger partial charge in [0.1, 0.15) is 12.4 Å². The molecule has 0 radical (unpaired) electrons. The Morgan fingerprint density at radius 1 is 1.08 bits per heavy atom. The fourth-order valence-corrected chi connectivity index (χ4v) is 2.31. The topological polar surface area (TPSA) is 53.4 Å². The number of benzene rings is 2. The minimum absolute atomic E-state index is 0.288. The maximum Gasteiger partial charge on any atom is 0.338 e. The molecular weight excluding hydrogens is 316 g/mol. The van der Waals surface area contributed by atoms with Crippen molar-refractivity contribution in [3.8, 4) is 11.4 Å². The predicted octanol–water partition coefficient (Wildman–Crippen LogP) is 4.02. The van der Waals surface area contributed by atoms with Crippen LogP contribution in [0.15, 0.2) is 67.3 Å². The Hall–Kier alpha value is -3.08. The molecule has 0 N–H and O–H groups in total. The van der Waals surface area contributed by atoms with Crippen LogP contribution >= 0.6 is 0 Å². The first kappa shape index (κ1) is 16.8. The minimum atomic E-state index is -0.288. The van der Waals surface area contributed by atoms with E-state index in [0.29, 0.717) is 18.8 Å². The molecule has 5 nitrogen and oxygen atoms in total. The van der Waals surface area contributed by atoms with Crippen LogP contribution in [0, 0.1) is 0 Å². The summed E-state index contributed by atoms with van der Waals surface area (Å²) in [6.45, 7) is 2.85. The Labute approximate surface area is 146 Å². The molecule has 0 aliphatic heterocycles. The van der Waals surface area contributed by atoms with E-state index in [1.54, 1.807) is 24.7 Å². The van der Waals surface area contributed by atoms with Crippen molar-refractivity contribution < 1.29 is 14.3 Å². The summed E-state index contributed by atoms with van der Waals surface area (Å²) >= 11 is 0. The summed E-state index contributed by atoms with van der Waals surface area (Å²) in [6.07, 6.45) is 6.20. The van der Waals surface area contributed by atoms with Crippen molar-refractivity contribution in [2.24, 2.45) is 0 Å². The molecule has 0 unspecified atom stereocenters. The summed E-state index contributed by atoms with van der Waals surface area (Å²) in [4.78, 5) is 15.8. The summed E-state index contributed by atoms with van der Waals surface area (Å²) in [5, 5.41) is 0. The van der Waals surface area contributed by atoms with E-state index in [4.69, 9.17) is 9.47 Å². The molecule has 2 aromatic carbocycles. The van der Waals surface area contributed by atoms with Crippen LogP contribution < -0.4 is 4.74 Å². The fourth-order valence-electron chi connectivity index (χ4n) is 2.31. The van der Waals surface area contributed by atoms with E-state index < -0.39 is 0 Å². The third-order valence-electron chi connectivity index (χ3n) is 3.67. The van der Waals surface area contributed by atoms with Crippen molar-refractivity contribution in [1.29, 1.82) is 0 Å². The van der Waals surface area contributed by atoms with Gasteiger partial charge in [0.2, 0.25) is 0 Å². The lowest BCUT2D eigenvalue weighted by atomic mass is 10.1. The molecule has 1 aromatic heterocycles. The second-order valence-corrected chi connectivity index (χ2v) is 5.59. The van der Waals surface area contributed by atoms with Crippen LogP contribution in [0.25, 0.3) is 5.69 Å². The number of nitrogens with zero attached hydrogens (tertiary/aromatic N) is 2. The molecule has 0 saturated heterocycles. The molecule has 0 amide bonds. The quantitative estimate of drug-likeness (QED) is 0.612. The molecule has 3 aromatic rings. The highest BCUT2D eigenvalue weighted by Crippen LogP contribution is 2.17. The standard InChI is InChI=1S/C20H20N2O3/c1-2-13-24-20(23)17-5-3-16(4-6-17)14-25-19-9-7-18(8-10-19)22-12-11-21-15-22/h3-12,15H,2,13-14H2,1H3.